The molecule has 0 heterocycles. The molecule has 0 radical (unpaired) electrons. The molecule has 5 heteroatoms. The van der Waals surface area contributed by atoms with Crippen molar-refractivity contribution in [2.75, 3.05) is 32.1 Å². The Labute approximate surface area is 126 Å². The Morgan fingerprint density at radius 2 is 2.19 bits per heavy atom. The van der Waals surface area contributed by atoms with Crippen molar-refractivity contribution in [3.63, 3.8) is 0 Å². The minimum Gasteiger partial charge on any atom is -0.468 e. The molecular formula is C16H25FN2O2. The molecule has 1 aromatic carbocycles. The van der Waals surface area contributed by atoms with Crippen molar-refractivity contribution in [2.45, 2.75) is 32.2 Å². The summed E-state index contributed by atoms with van der Waals surface area (Å²) in [6.07, 6.45) is 1.51. The minimum atomic E-state index is -0.730. The van der Waals surface area contributed by atoms with Crippen molar-refractivity contribution in [1.29, 1.82) is 0 Å². The van der Waals surface area contributed by atoms with E-state index in [1.807, 2.05) is 31.9 Å². The third-order valence-corrected chi connectivity index (χ3v) is 3.60. The van der Waals surface area contributed by atoms with Gasteiger partial charge in [-0.3, -0.25) is 4.79 Å². The molecule has 0 bridgehead atoms. The normalized spacial score (nSPS) is 13.6. The maximum atomic E-state index is 13.2. The molecule has 0 aromatic heterocycles. The van der Waals surface area contributed by atoms with Gasteiger partial charge in [0.1, 0.15) is 11.4 Å². The predicted molar refractivity (Wildman–Crippen MR) is 83.0 cm³/mol. The van der Waals surface area contributed by atoms with Crippen molar-refractivity contribution in [3.05, 3.63) is 30.1 Å². The molecule has 1 N–H and O–H groups in total. The largest absolute Gasteiger partial charge is 0.468 e. The molecule has 4 nitrogen and oxygen atoms in total. The molecule has 1 rings (SSSR count). The highest BCUT2D eigenvalue weighted by Crippen LogP contribution is 2.18. The van der Waals surface area contributed by atoms with Crippen LogP contribution in [0.15, 0.2) is 24.3 Å². The van der Waals surface area contributed by atoms with Gasteiger partial charge in [0, 0.05) is 19.3 Å². The summed E-state index contributed by atoms with van der Waals surface area (Å²) in [7, 11) is 3.27. The summed E-state index contributed by atoms with van der Waals surface area (Å²) in [4.78, 5) is 13.9. The quantitative estimate of drug-likeness (QED) is 0.749. The molecule has 1 atom stereocenters. The second-order valence-electron chi connectivity index (χ2n) is 5.40. The summed E-state index contributed by atoms with van der Waals surface area (Å²) in [5.74, 6) is -0.539. The van der Waals surface area contributed by atoms with Crippen LogP contribution in [0.25, 0.3) is 0 Å². The van der Waals surface area contributed by atoms with Crippen molar-refractivity contribution >= 4 is 11.7 Å². The highest BCUT2D eigenvalue weighted by atomic mass is 19.1. The molecular weight excluding hydrogens is 271 g/mol. The molecule has 1 aromatic rings. The molecule has 0 saturated carbocycles. The minimum absolute atomic E-state index is 0.265. The molecule has 0 saturated heterocycles. The number of methoxy groups -OCH3 is 1. The number of rotatable bonds is 8. The molecule has 118 valence electrons. The smallest absolute Gasteiger partial charge is 0.325 e. The number of halogens is 1. The summed E-state index contributed by atoms with van der Waals surface area (Å²) in [5.41, 5.74) is 0.0597. The molecule has 0 aliphatic rings. The van der Waals surface area contributed by atoms with Gasteiger partial charge in [0.25, 0.3) is 0 Å². The zero-order valence-electron chi connectivity index (χ0n) is 13.3. The monoisotopic (exact) mass is 296 g/mol. The van der Waals surface area contributed by atoms with Crippen LogP contribution in [-0.2, 0) is 9.53 Å². The fourth-order valence-corrected chi connectivity index (χ4v) is 2.12. The number of benzene rings is 1. The van der Waals surface area contributed by atoms with Crippen LogP contribution in [0.3, 0.4) is 0 Å². The second-order valence-corrected chi connectivity index (χ2v) is 5.40. The fourth-order valence-electron chi connectivity index (χ4n) is 2.12. The number of carbonyl (C=O) groups is 1. The van der Waals surface area contributed by atoms with E-state index < -0.39 is 5.54 Å². The molecule has 21 heavy (non-hydrogen) atoms. The third kappa shape index (κ3) is 5.01. The average molecular weight is 296 g/mol. The lowest BCUT2D eigenvalue weighted by atomic mass is 9.97. The first-order valence-electron chi connectivity index (χ1n) is 7.23. The van der Waals surface area contributed by atoms with Gasteiger partial charge in [0.2, 0.25) is 0 Å². The zero-order valence-corrected chi connectivity index (χ0v) is 13.3. The van der Waals surface area contributed by atoms with Crippen molar-refractivity contribution in [2.24, 2.45) is 0 Å². The van der Waals surface area contributed by atoms with Crippen molar-refractivity contribution < 1.29 is 13.9 Å². The highest BCUT2D eigenvalue weighted by Gasteiger charge is 2.33. The summed E-state index contributed by atoms with van der Waals surface area (Å²) in [5, 5.41) is 3.24. The van der Waals surface area contributed by atoms with Gasteiger partial charge >= 0.3 is 5.97 Å². The van der Waals surface area contributed by atoms with E-state index in [4.69, 9.17) is 4.74 Å². The topological polar surface area (TPSA) is 41.6 Å². The number of ether oxygens (including phenoxy) is 1. The maximum Gasteiger partial charge on any atom is 0.325 e. The molecule has 0 aliphatic carbocycles. The van der Waals surface area contributed by atoms with Crippen LogP contribution >= 0.6 is 0 Å². The van der Waals surface area contributed by atoms with Gasteiger partial charge in [0.15, 0.2) is 0 Å². The Morgan fingerprint density at radius 3 is 2.76 bits per heavy atom. The molecule has 0 aliphatic heterocycles. The molecule has 0 fully saturated rings. The summed E-state index contributed by atoms with van der Waals surface area (Å²) >= 11 is 0. The van der Waals surface area contributed by atoms with E-state index in [9.17, 15) is 9.18 Å². The van der Waals surface area contributed by atoms with E-state index in [0.29, 0.717) is 13.0 Å². The Bertz CT molecular complexity index is 467. The summed E-state index contributed by atoms with van der Waals surface area (Å²) in [6.45, 7) is 5.25. The van der Waals surface area contributed by atoms with Crippen LogP contribution in [0.5, 0.6) is 0 Å². The number of carbonyl (C=O) groups excluding carboxylic acids is 1. The summed E-state index contributed by atoms with van der Waals surface area (Å²) in [6, 6.07) is 6.42. The Balaban J connectivity index is 2.69. The van der Waals surface area contributed by atoms with Crippen molar-refractivity contribution in [3.8, 4) is 0 Å². The van der Waals surface area contributed by atoms with E-state index in [1.54, 1.807) is 6.07 Å². The zero-order chi connectivity index (χ0) is 15.9. The van der Waals surface area contributed by atoms with Crippen LogP contribution < -0.4 is 10.2 Å². The lowest BCUT2D eigenvalue weighted by Crippen LogP contribution is -2.52. The Hall–Kier alpha value is -1.62. The number of anilines is 1. The standard InChI is InChI=1S/C16H25FN2O2/c1-5-10-18-16(2,15(20)21-4)9-11-19(3)14-8-6-7-13(17)12-14/h6-8,12,18H,5,9-11H2,1-4H3. The first kappa shape index (κ1) is 17.4. The van der Waals surface area contributed by atoms with Gasteiger partial charge in [0.05, 0.1) is 7.11 Å². The number of nitrogens with zero attached hydrogens (tertiary/aromatic N) is 1. The number of esters is 1. The van der Waals surface area contributed by atoms with E-state index in [1.165, 1.54) is 19.2 Å². The van der Waals surface area contributed by atoms with E-state index in [0.717, 1.165) is 18.7 Å². The van der Waals surface area contributed by atoms with Gasteiger partial charge < -0.3 is 15.0 Å². The average Bonchev–Trinajstić information content (AvgIpc) is 2.49. The third-order valence-electron chi connectivity index (χ3n) is 3.60. The second kappa shape index (κ2) is 7.98. The molecule has 0 amide bonds. The molecule has 1 unspecified atom stereocenters. The summed E-state index contributed by atoms with van der Waals surface area (Å²) < 4.78 is 18.1. The van der Waals surface area contributed by atoms with Crippen LogP contribution in [0, 0.1) is 5.82 Å². The Morgan fingerprint density at radius 1 is 1.48 bits per heavy atom. The van der Waals surface area contributed by atoms with E-state index in [2.05, 4.69) is 5.32 Å². The number of hydrogen-bond acceptors (Lipinski definition) is 4. The number of hydrogen-bond donors (Lipinski definition) is 1. The highest BCUT2D eigenvalue weighted by molar-refractivity contribution is 5.80. The van der Waals surface area contributed by atoms with Crippen LogP contribution in [-0.4, -0.2) is 38.8 Å². The number of nitrogens with one attached hydrogen (secondary N) is 1. The van der Waals surface area contributed by atoms with Crippen molar-refractivity contribution in [1.82, 2.24) is 5.32 Å². The van der Waals surface area contributed by atoms with Crippen LogP contribution in [0.1, 0.15) is 26.7 Å². The van der Waals surface area contributed by atoms with Gasteiger partial charge in [-0.25, -0.2) is 4.39 Å². The van der Waals surface area contributed by atoms with Crippen LogP contribution in [0.2, 0.25) is 0 Å². The van der Waals surface area contributed by atoms with Gasteiger partial charge in [-0.05, 0) is 44.5 Å². The van der Waals surface area contributed by atoms with Gasteiger partial charge in [-0.1, -0.05) is 13.0 Å². The van der Waals surface area contributed by atoms with Gasteiger partial charge in [-0.15, -0.1) is 0 Å². The van der Waals surface area contributed by atoms with Crippen LogP contribution in [0.4, 0.5) is 10.1 Å². The Kier molecular flexibility index (Phi) is 6.62. The lowest BCUT2D eigenvalue weighted by molar-refractivity contribution is -0.148. The lowest BCUT2D eigenvalue weighted by Gasteiger charge is -2.30. The maximum absolute atomic E-state index is 13.2. The predicted octanol–water partition coefficient (Wildman–Crippen LogP) is 2.58. The molecule has 0 spiro atoms. The SMILES string of the molecule is CCCNC(C)(CCN(C)c1cccc(F)c1)C(=O)OC. The fraction of sp³-hybridized carbons (Fsp3) is 0.562. The van der Waals surface area contributed by atoms with E-state index in [-0.39, 0.29) is 11.8 Å². The van der Waals surface area contributed by atoms with Gasteiger partial charge in [-0.2, -0.15) is 0 Å². The van der Waals surface area contributed by atoms with E-state index >= 15 is 0 Å². The first-order chi connectivity index (χ1) is 9.92. The first-order valence-corrected chi connectivity index (χ1v) is 7.23.